The highest BCUT2D eigenvalue weighted by Gasteiger charge is 2.06. The molecule has 0 saturated heterocycles. The molecular weight excluding hydrogens is 284 g/mol. The average molecular weight is 312 g/mol. The van der Waals surface area contributed by atoms with Gasteiger partial charge in [-0.2, -0.15) is 0 Å². The molecule has 0 amide bonds. The van der Waals surface area contributed by atoms with Gasteiger partial charge in [-0.25, -0.2) is 0 Å². The molecule has 3 nitrogen and oxygen atoms in total. The quantitative estimate of drug-likeness (QED) is 0.628. The number of benzene rings is 2. The van der Waals surface area contributed by atoms with Crippen LogP contribution in [0.1, 0.15) is 38.3 Å². The first kappa shape index (κ1) is 17.4. The fraction of sp³-hybridized carbons (Fsp3) is 0.400. The number of hydrogen-bond donors (Lipinski definition) is 2. The van der Waals surface area contributed by atoms with Crippen LogP contribution >= 0.6 is 0 Å². The van der Waals surface area contributed by atoms with Crippen LogP contribution in [-0.2, 0) is 0 Å². The normalized spacial score (nSPS) is 11.9. The highest BCUT2D eigenvalue weighted by molar-refractivity contribution is 5.48. The molecule has 0 fully saturated rings. The van der Waals surface area contributed by atoms with Gasteiger partial charge in [0.2, 0.25) is 0 Å². The van der Waals surface area contributed by atoms with Gasteiger partial charge in [0.05, 0.1) is 6.61 Å². The van der Waals surface area contributed by atoms with Crippen molar-refractivity contribution < 1.29 is 4.74 Å². The van der Waals surface area contributed by atoms with Gasteiger partial charge in [-0.1, -0.05) is 50.2 Å². The first-order valence-electron chi connectivity index (χ1n) is 8.58. The summed E-state index contributed by atoms with van der Waals surface area (Å²) in [5.74, 6) is 0.931. The third kappa shape index (κ3) is 5.95. The van der Waals surface area contributed by atoms with E-state index in [4.69, 9.17) is 4.74 Å². The van der Waals surface area contributed by atoms with Gasteiger partial charge in [-0.3, -0.25) is 0 Å². The zero-order chi connectivity index (χ0) is 16.3. The van der Waals surface area contributed by atoms with Crippen LogP contribution in [0.5, 0.6) is 5.75 Å². The monoisotopic (exact) mass is 312 g/mol. The minimum atomic E-state index is 0.414. The Bertz CT molecular complexity index is 557. The lowest BCUT2D eigenvalue weighted by molar-refractivity contribution is 0.317. The highest BCUT2D eigenvalue weighted by atomic mass is 16.5. The summed E-state index contributed by atoms with van der Waals surface area (Å²) in [5.41, 5.74) is 2.46. The average Bonchev–Trinajstić information content (AvgIpc) is 2.61. The van der Waals surface area contributed by atoms with Crippen molar-refractivity contribution in [1.82, 2.24) is 5.32 Å². The molecular formula is C20H28N2O. The van der Waals surface area contributed by atoms with Gasteiger partial charge in [-0.15, -0.1) is 0 Å². The van der Waals surface area contributed by atoms with E-state index in [0.717, 1.165) is 44.0 Å². The lowest BCUT2D eigenvalue weighted by Gasteiger charge is -2.18. The van der Waals surface area contributed by atoms with Crippen molar-refractivity contribution in [3.05, 3.63) is 60.2 Å². The Balaban J connectivity index is 1.76. The van der Waals surface area contributed by atoms with Gasteiger partial charge < -0.3 is 15.4 Å². The molecule has 3 heteroatoms. The summed E-state index contributed by atoms with van der Waals surface area (Å²) >= 11 is 0. The largest absolute Gasteiger partial charge is 0.494 e. The number of anilines is 1. The van der Waals surface area contributed by atoms with Crippen LogP contribution in [0.25, 0.3) is 0 Å². The van der Waals surface area contributed by atoms with Crippen molar-refractivity contribution >= 4 is 5.69 Å². The Morgan fingerprint density at radius 3 is 2.52 bits per heavy atom. The highest BCUT2D eigenvalue weighted by Crippen LogP contribution is 2.18. The SMILES string of the molecule is CCCOc1cccc(NCCNC(CC)c2ccccc2)c1. The third-order valence-electron chi connectivity index (χ3n) is 3.76. The van der Waals surface area contributed by atoms with E-state index in [0.29, 0.717) is 6.04 Å². The van der Waals surface area contributed by atoms with E-state index in [9.17, 15) is 0 Å². The van der Waals surface area contributed by atoms with E-state index in [2.05, 4.69) is 66.9 Å². The second-order valence-electron chi connectivity index (χ2n) is 5.63. The van der Waals surface area contributed by atoms with Gasteiger partial charge in [0.25, 0.3) is 0 Å². The Hall–Kier alpha value is -2.00. The summed E-state index contributed by atoms with van der Waals surface area (Å²) in [6, 6.07) is 19.2. The van der Waals surface area contributed by atoms with Crippen LogP contribution in [0.3, 0.4) is 0 Å². The van der Waals surface area contributed by atoms with Crippen LogP contribution in [0.15, 0.2) is 54.6 Å². The minimum Gasteiger partial charge on any atom is -0.494 e. The van der Waals surface area contributed by atoms with E-state index >= 15 is 0 Å². The van der Waals surface area contributed by atoms with Crippen molar-refractivity contribution in [2.24, 2.45) is 0 Å². The first-order valence-corrected chi connectivity index (χ1v) is 8.58. The summed E-state index contributed by atoms with van der Waals surface area (Å²) < 4.78 is 5.66. The summed E-state index contributed by atoms with van der Waals surface area (Å²) in [4.78, 5) is 0. The van der Waals surface area contributed by atoms with Gasteiger partial charge >= 0.3 is 0 Å². The Morgan fingerprint density at radius 2 is 1.78 bits per heavy atom. The Kier molecular flexibility index (Phi) is 7.47. The molecule has 2 aromatic rings. The predicted molar refractivity (Wildman–Crippen MR) is 98.2 cm³/mol. The second-order valence-corrected chi connectivity index (χ2v) is 5.63. The molecule has 0 aromatic heterocycles. The van der Waals surface area contributed by atoms with Gasteiger partial charge in [0.1, 0.15) is 5.75 Å². The molecule has 2 N–H and O–H groups in total. The van der Waals surface area contributed by atoms with Gasteiger partial charge in [0, 0.05) is 30.9 Å². The molecule has 1 atom stereocenters. The van der Waals surface area contributed by atoms with E-state index in [-0.39, 0.29) is 0 Å². The Morgan fingerprint density at radius 1 is 0.957 bits per heavy atom. The van der Waals surface area contributed by atoms with Crippen molar-refractivity contribution in [3.8, 4) is 5.75 Å². The first-order chi connectivity index (χ1) is 11.3. The predicted octanol–water partition coefficient (Wildman–Crippen LogP) is 4.63. The molecule has 1 unspecified atom stereocenters. The summed E-state index contributed by atoms with van der Waals surface area (Å²) in [5, 5.41) is 7.06. The van der Waals surface area contributed by atoms with Crippen LogP contribution in [-0.4, -0.2) is 19.7 Å². The number of nitrogens with one attached hydrogen (secondary N) is 2. The van der Waals surface area contributed by atoms with Crippen molar-refractivity contribution in [2.45, 2.75) is 32.7 Å². The second kappa shape index (κ2) is 9.90. The topological polar surface area (TPSA) is 33.3 Å². The molecule has 0 bridgehead atoms. The maximum atomic E-state index is 5.66. The lowest BCUT2D eigenvalue weighted by Crippen LogP contribution is -2.26. The third-order valence-corrected chi connectivity index (χ3v) is 3.76. The van der Waals surface area contributed by atoms with Crippen LogP contribution in [0.4, 0.5) is 5.69 Å². The fourth-order valence-electron chi connectivity index (χ4n) is 2.55. The molecule has 0 spiro atoms. The van der Waals surface area contributed by atoms with Crippen LogP contribution in [0.2, 0.25) is 0 Å². The van der Waals surface area contributed by atoms with Crippen molar-refractivity contribution in [3.63, 3.8) is 0 Å². The van der Waals surface area contributed by atoms with Gasteiger partial charge in [-0.05, 0) is 30.5 Å². The smallest absolute Gasteiger partial charge is 0.121 e. The zero-order valence-electron chi connectivity index (χ0n) is 14.2. The maximum Gasteiger partial charge on any atom is 0.121 e. The van der Waals surface area contributed by atoms with Crippen LogP contribution < -0.4 is 15.4 Å². The summed E-state index contributed by atoms with van der Waals surface area (Å²) in [7, 11) is 0. The van der Waals surface area contributed by atoms with E-state index in [1.54, 1.807) is 0 Å². The van der Waals surface area contributed by atoms with Crippen molar-refractivity contribution in [1.29, 1.82) is 0 Å². The molecule has 0 saturated carbocycles. The number of rotatable bonds is 10. The van der Waals surface area contributed by atoms with Crippen LogP contribution in [0, 0.1) is 0 Å². The number of ether oxygens (including phenoxy) is 1. The molecule has 0 aliphatic rings. The Labute approximate surface area is 140 Å². The molecule has 2 aromatic carbocycles. The summed E-state index contributed by atoms with van der Waals surface area (Å²) in [6.07, 6.45) is 2.11. The summed E-state index contributed by atoms with van der Waals surface area (Å²) in [6.45, 7) is 6.91. The standard InChI is InChI=1S/C20H28N2O/c1-3-15-23-19-12-8-11-18(16-19)21-13-14-22-20(4-2)17-9-6-5-7-10-17/h5-12,16,20-22H,3-4,13-15H2,1-2H3. The molecule has 0 radical (unpaired) electrons. The van der Waals surface area contributed by atoms with E-state index < -0.39 is 0 Å². The molecule has 124 valence electrons. The minimum absolute atomic E-state index is 0.414. The number of hydrogen-bond acceptors (Lipinski definition) is 3. The molecule has 0 heterocycles. The fourth-order valence-corrected chi connectivity index (χ4v) is 2.55. The maximum absolute atomic E-state index is 5.66. The molecule has 0 aliphatic heterocycles. The molecule has 2 rings (SSSR count). The van der Waals surface area contributed by atoms with E-state index in [1.165, 1.54) is 5.56 Å². The molecule has 0 aliphatic carbocycles. The van der Waals surface area contributed by atoms with Crippen molar-refractivity contribution in [2.75, 3.05) is 25.0 Å². The zero-order valence-corrected chi connectivity index (χ0v) is 14.2. The van der Waals surface area contributed by atoms with E-state index in [1.807, 2.05) is 12.1 Å². The lowest BCUT2D eigenvalue weighted by atomic mass is 10.0. The molecule has 23 heavy (non-hydrogen) atoms. The van der Waals surface area contributed by atoms with Gasteiger partial charge in [0.15, 0.2) is 0 Å².